The van der Waals surface area contributed by atoms with Crippen molar-refractivity contribution in [3.8, 4) is 0 Å². The summed E-state index contributed by atoms with van der Waals surface area (Å²) in [6, 6.07) is 2.41. The van der Waals surface area contributed by atoms with Crippen LogP contribution in [0.2, 0.25) is 0 Å². The molecular formula is C12H20N4O. The molecule has 2 heterocycles. The molecule has 17 heavy (non-hydrogen) atoms. The molecule has 0 amide bonds. The zero-order valence-corrected chi connectivity index (χ0v) is 10.7. The van der Waals surface area contributed by atoms with E-state index in [-0.39, 0.29) is 0 Å². The number of hydrogen-bond donors (Lipinski definition) is 2. The molecule has 1 fully saturated rings. The monoisotopic (exact) mass is 236 g/mol. The molecule has 1 aromatic heterocycles. The van der Waals surface area contributed by atoms with E-state index >= 15 is 0 Å². The zero-order chi connectivity index (χ0) is 12.3. The summed E-state index contributed by atoms with van der Waals surface area (Å²) in [6.07, 6.45) is 1.03. The van der Waals surface area contributed by atoms with E-state index in [4.69, 9.17) is 4.74 Å². The molecule has 2 rings (SSSR count). The topological polar surface area (TPSA) is 59.1 Å². The van der Waals surface area contributed by atoms with Gasteiger partial charge in [-0.05, 0) is 19.3 Å². The van der Waals surface area contributed by atoms with Crippen LogP contribution < -0.4 is 10.6 Å². The molecule has 1 saturated heterocycles. The largest absolute Gasteiger partial charge is 0.381 e. The number of nitrogens with one attached hydrogen (secondary N) is 2. The number of nitrogens with zero attached hydrogens (tertiary/aromatic N) is 2. The average molecular weight is 236 g/mol. The van der Waals surface area contributed by atoms with Crippen molar-refractivity contribution >= 4 is 11.8 Å². The Bertz CT molecular complexity index is 383. The quantitative estimate of drug-likeness (QED) is 0.836. The lowest BCUT2D eigenvalue weighted by Gasteiger charge is -2.30. The Balaban J connectivity index is 2.09. The Morgan fingerprint density at radius 3 is 2.94 bits per heavy atom. The van der Waals surface area contributed by atoms with Gasteiger partial charge in [0.2, 0.25) is 5.95 Å². The first-order valence-corrected chi connectivity index (χ1v) is 6.06. The Hall–Kier alpha value is -1.36. The first-order chi connectivity index (χ1) is 8.19. The molecule has 2 N–H and O–H groups in total. The summed E-state index contributed by atoms with van der Waals surface area (Å²) in [4.78, 5) is 8.68. The maximum atomic E-state index is 5.43. The van der Waals surface area contributed by atoms with Crippen molar-refractivity contribution in [1.29, 1.82) is 0 Å². The fourth-order valence-electron chi connectivity index (χ4n) is 2.04. The first kappa shape index (κ1) is 12.1. The number of anilines is 2. The van der Waals surface area contributed by atoms with Gasteiger partial charge in [0.15, 0.2) is 0 Å². The fourth-order valence-corrected chi connectivity index (χ4v) is 2.04. The van der Waals surface area contributed by atoms with Crippen LogP contribution in [0.4, 0.5) is 11.8 Å². The molecule has 0 radical (unpaired) electrons. The van der Waals surface area contributed by atoms with Gasteiger partial charge in [0, 0.05) is 31.5 Å². The van der Waals surface area contributed by atoms with Gasteiger partial charge >= 0.3 is 0 Å². The van der Waals surface area contributed by atoms with E-state index in [0.29, 0.717) is 17.9 Å². The van der Waals surface area contributed by atoms with Crippen molar-refractivity contribution < 1.29 is 4.74 Å². The molecule has 1 aromatic rings. The van der Waals surface area contributed by atoms with E-state index in [1.54, 1.807) is 0 Å². The van der Waals surface area contributed by atoms with Gasteiger partial charge in [-0.1, -0.05) is 6.92 Å². The SMILES string of the molecule is CNc1nc(C)cc(NC2CCOCC2C)n1. The lowest BCUT2D eigenvalue weighted by molar-refractivity contribution is 0.0537. The lowest BCUT2D eigenvalue weighted by atomic mass is 9.98. The predicted octanol–water partition coefficient (Wildman–Crippen LogP) is 1.66. The van der Waals surface area contributed by atoms with Crippen LogP contribution in [0.1, 0.15) is 19.0 Å². The van der Waals surface area contributed by atoms with E-state index < -0.39 is 0 Å². The molecule has 1 aliphatic rings. The normalized spacial score (nSPS) is 24.4. The molecule has 94 valence electrons. The smallest absolute Gasteiger partial charge is 0.224 e. The fraction of sp³-hybridized carbons (Fsp3) is 0.667. The van der Waals surface area contributed by atoms with E-state index in [1.807, 2.05) is 20.0 Å². The second kappa shape index (κ2) is 5.31. The van der Waals surface area contributed by atoms with Crippen LogP contribution in [0.15, 0.2) is 6.07 Å². The van der Waals surface area contributed by atoms with Gasteiger partial charge in [0.05, 0.1) is 6.61 Å². The van der Waals surface area contributed by atoms with Crippen molar-refractivity contribution in [2.45, 2.75) is 26.3 Å². The molecule has 5 heteroatoms. The van der Waals surface area contributed by atoms with Gasteiger partial charge < -0.3 is 15.4 Å². The molecule has 5 nitrogen and oxygen atoms in total. The summed E-state index contributed by atoms with van der Waals surface area (Å²) in [6.45, 7) is 5.82. The van der Waals surface area contributed by atoms with Crippen molar-refractivity contribution in [3.63, 3.8) is 0 Å². The molecule has 1 aliphatic heterocycles. The summed E-state index contributed by atoms with van der Waals surface area (Å²) in [7, 11) is 1.83. The average Bonchev–Trinajstić information content (AvgIpc) is 2.31. The Kier molecular flexibility index (Phi) is 3.78. The van der Waals surface area contributed by atoms with Crippen LogP contribution in [-0.2, 0) is 4.74 Å². The van der Waals surface area contributed by atoms with Crippen molar-refractivity contribution in [3.05, 3.63) is 11.8 Å². The highest BCUT2D eigenvalue weighted by molar-refractivity contribution is 5.42. The second-order valence-electron chi connectivity index (χ2n) is 4.56. The van der Waals surface area contributed by atoms with Crippen LogP contribution in [-0.4, -0.2) is 36.3 Å². The Morgan fingerprint density at radius 2 is 2.24 bits per heavy atom. The highest BCUT2D eigenvalue weighted by Crippen LogP contribution is 2.19. The number of aryl methyl sites for hydroxylation is 1. The van der Waals surface area contributed by atoms with Crippen molar-refractivity contribution in [2.24, 2.45) is 5.92 Å². The zero-order valence-electron chi connectivity index (χ0n) is 10.7. The molecule has 0 aliphatic carbocycles. The van der Waals surface area contributed by atoms with E-state index in [1.165, 1.54) is 0 Å². The third-order valence-electron chi connectivity index (χ3n) is 3.05. The summed E-state index contributed by atoms with van der Waals surface area (Å²) in [5, 5.41) is 6.44. The third-order valence-corrected chi connectivity index (χ3v) is 3.05. The van der Waals surface area contributed by atoms with E-state index in [0.717, 1.165) is 31.1 Å². The highest BCUT2D eigenvalue weighted by atomic mass is 16.5. The molecule has 0 aromatic carbocycles. The maximum absolute atomic E-state index is 5.43. The first-order valence-electron chi connectivity index (χ1n) is 6.06. The van der Waals surface area contributed by atoms with Gasteiger partial charge in [-0.15, -0.1) is 0 Å². The summed E-state index contributed by atoms with van der Waals surface area (Å²) in [5.74, 6) is 2.06. The molecule has 2 atom stereocenters. The van der Waals surface area contributed by atoms with Crippen molar-refractivity contribution in [1.82, 2.24) is 9.97 Å². The summed E-state index contributed by atoms with van der Waals surface area (Å²) >= 11 is 0. The number of rotatable bonds is 3. The molecular weight excluding hydrogens is 216 g/mol. The third kappa shape index (κ3) is 3.06. The minimum atomic E-state index is 0.433. The van der Waals surface area contributed by atoms with Gasteiger partial charge in [0.1, 0.15) is 5.82 Å². The molecule has 2 unspecified atom stereocenters. The Morgan fingerprint density at radius 1 is 1.41 bits per heavy atom. The highest BCUT2D eigenvalue weighted by Gasteiger charge is 2.22. The van der Waals surface area contributed by atoms with Crippen LogP contribution in [0, 0.1) is 12.8 Å². The number of ether oxygens (including phenoxy) is 1. The number of aromatic nitrogens is 2. The predicted molar refractivity (Wildman–Crippen MR) is 68.3 cm³/mol. The van der Waals surface area contributed by atoms with Gasteiger partial charge in [-0.2, -0.15) is 4.98 Å². The van der Waals surface area contributed by atoms with Gasteiger partial charge in [0.25, 0.3) is 0 Å². The summed E-state index contributed by atoms with van der Waals surface area (Å²) in [5.41, 5.74) is 0.964. The standard InChI is InChI=1S/C12H20N4O/c1-8-7-17-5-4-10(8)15-11-6-9(2)14-12(13-3)16-11/h6,8,10H,4-5,7H2,1-3H3,(H2,13,14,15,16). The van der Waals surface area contributed by atoms with Crippen LogP contribution in [0.5, 0.6) is 0 Å². The van der Waals surface area contributed by atoms with Crippen LogP contribution >= 0.6 is 0 Å². The maximum Gasteiger partial charge on any atom is 0.224 e. The second-order valence-corrected chi connectivity index (χ2v) is 4.56. The van der Waals surface area contributed by atoms with Crippen molar-refractivity contribution in [2.75, 3.05) is 30.9 Å². The van der Waals surface area contributed by atoms with Crippen LogP contribution in [0.3, 0.4) is 0 Å². The molecule has 0 spiro atoms. The van der Waals surface area contributed by atoms with Gasteiger partial charge in [-0.3, -0.25) is 0 Å². The summed E-state index contributed by atoms with van der Waals surface area (Å²) < 4.78 is 5.43. The van der Waals surface area contributed by atoms with Gasteiger partial charge in [-0.25, -0.2) is 4.98 Å². The molecule has 0 bridgehead atoms. The minimum absolute atomic E-state index is 0.433. The molecule has 0 saturated carbocycles. The lowest BCUT2D eigenvalue weighted by Crippen LogP contribution is -2.36. The van der Waals surface area contributed by atoms with Crippen LogP contribution in [0.25, 0.3) is 0 Å². The Labute approximate surface area is 102 Å². The van der Waals surface area contributed by atoms with E-state index in [9.17, 15) is 0 Å². The minimum Gasteiger partial charge on any atom is -0.381 e. The van der Waals surface area contributed by atoms with E-state index in [2.05, 4.69) is 27.5 Å². The number of hydrogen-bond acceptors (Lipinski definition) is 5.